The number of nitrogens with one attached hydrogen (secondary N) is 1. The molecular weight excluding hydrogens is 259 g/mol. The maximum Gasteiger partial charge on any atom is 0.329 e. The van der Waals surface area contributed by atoms with Crippen molar-refractivity contribution in [2.24, 2.45) is 0 Å². The first-order valence-corrected chi connectivity index (χ1v) is 7.06. The Balaban J connectivity index is 2.12. The third-order valence-corrected chi connectivity index (χ3v) is 3.91. The molecule has 0 aliphatic carbocycles. The Kier molecular flexibility index (Phi) is 4.60. The van der Waals surface area contributed by atoms with Crippen LogP contribution >= 0.6 is 0 Å². The molecule has 0 bridgehead atoms. The third-order valence-electron chi connectivity index (χ3n) is 3.91. The third kappa shape index (κ3) is 3.10. The zero-order chi connectivity index (χ0) is 14.6. The highest BCUT2D eigenvalue weighted by molar-refractivity contribution is 5.83. The summed E-state index contributed by atoms with van der Waals surface area (Å²) in [5.74, 6) is -1.32. The van der Waals surface area contributed by atoms with Gasteiger partial charge in [0.05, 0.1) is 5.69 Å². The number of halogens is 1. The molecule has 20 heavy (non-hydrogen) atoms. The first-order valence-electron chi connectivity index (χ1n) is 7.06. The van der Waals surface area contributed by atoms with Gasteiger partial charge in [-0.3, -0.25) is 0 Å². The molecule has 1 aliphatic rings. The summed E-state index contributed by atoms with van der Waals surface area (Å²) in [4.78, 5) is 13.9. The van der Waals surface area contributed by atoms with Gasteiger partial charge in [-0.1, -0.05) is 19.1 Å². The molecule has 0 saturated carbocycles. The predicted octanol–water partition coefficient (Wildman–Crippen LogP) is 2.57. The van der Waals surface area contributed by atoms with E-state index in [0.717, 1.165) is 26.1 Å². The van der Waals surface area contributed by atoms with Crippen molar-refractivity contribution < 1.29 is 14.3 Å². The lowest BCUT2D eigenvalue weighted by molar-refractivity contribution is -0.144. The summed E-state index contributed by atoms with van der Waals surface area (Å²) in [5.41, 5.74) is -0.800. The van der Waals surface area contributed by atoms with Crippen LogP contribution in [0.5, 0.6) is 0 Å². The molecule has 1 aromatic carbocycles. The zero-order valence-electron chi connectivity index (χ0n) is 11.7. The van der Waals surface area contributed by atoms with Crippen molar-refractivity contribution >= 4 is 11.7 Å². The zero-order valence-corrected chi connectivity index (χ0v) is 11.7. The highest BCUT2D eigenvalue weighted by atomic mass is 19.1. The van der Waals surface area contributed by atoms with Gasteiger partial charge in [0.1, 0.15) is 11.4 Å². The largest absolute Gasteiger partial charge is 0.480 e. The van der Waals surface area contributed by atoms with Crippen molar-refractivity contribution in [2.45, 2.75) is 31.7 Å². The second kappa shape index (κ2) is 6.22. The molecule has 1 saturated heterocycles. The highest BCUT2D eigenvalue weighted by Gasteiger charge is 2.41. The SMILES string of the molecule is CCCN1CCC(Nc2ccccc2F)(C(=O)O)CC1. The molecule has 0 amide bonds. The first-order chi connectivity index (χ1) is 9.57. The molecule has 0 radical (unpaired) electrons. The summed E-state index contributed by atoms with van der Waals surface area (Å²) < 4.78 is 13.7. The lowest BCUT2D eigenvalue weighted by Gasteiger charge is -2.39. The van der Waals surface area contributed by atoms with Gasteiger partial charge >= 0.3 is 5.97 Å². The average molecular weight is 280 g/mol. The Morgan fingerprint density at radius 1 is 1.40 bits per heavy atom. The standard InChI is InChI=1S/C15H21FN2O2/c1-2-9-18-10-7-15(8-11-18,14(19)20)17-13-6-4-3-5-12(13)16/h3-6,17H,2,7-11H2,1H3,(H,19,20). The van der Waals surface area contributed by atoms with Crippen LogP contribution in [0.4, 0.5) is 10.1 Å². The van der Waals surface area contributed by atoms with Crippen molar-refractivity contribution in [1.82, 2.24) is 4.90 Å². The molecule has 0 atom stereocenters. The van der Waals surface area contributed by atoms with Gasteiger partial charge in [-0.15, -0.1) is 0 Å². The van der Waals surface area contributed by atoms with E-state index in [-0.39, 0.29) is 5.69 Å². The number of likely N-dealkylation sites (tertiary alicyclic amines) is 1. The fourth-order valence-electron chi connectivity index (χ4n) is 2.69. The minimum atomic E-state index is -1.06. The Bertz CT molecular complexity index is 471. The molecule has 1 fully saturated rings. The average Bonchev–Trinajstić information content (AvgIpc) is 2.44. The fraction of sp³-hybridized carbons (Fsp3) is 0.533. The lowest BCUT2D eigenvalue weighted by atomic mass is 9.87. The van der Waals surface area contributed by atoms with Crippen LogP contribution in [0.3, 0.4) is 0 Å². The van der Waals surface area contributed by atoms with E-state index < -0.39 is 17.3 Å². The normalized spacial score (nSPS) is 18.7. The molecule has 0 spiro atoms. The van der Waals surface area contributed by atoms with Gasteiger partial charge in [0.2, 0.25) is 0 Å². The van der Waals surface area contributed by atoms with Crippen LogP contribution in [-0.2, 0) is 4.79 Å². The number of benzene rings is 1. The van der Waals surface area contributed by atoms with Crippen LogP contribution in [0.15, 0.2) is 24.3 Å². The summed E-state index contributed by atoms with van der Waals surface area (Å²) in [6.07, 6.45) is 2.02. The molecule has 110 valence electrons. The quantitative estimate of drug-likeness (QED) is 0.870. The Hall–Kier alpha value is -1.62. The molecule has 4 nitrogen and oxygen atoms in total. The van der Waals surface area contributed by atoms with Crippen LogP contribution in [0.25, 0.3) is 0 Å². The van der Waals surface area contributed by atoms with Crippen molar-refractivity contribution in [2.75, 3.05) is 25.0 Å². The summed E-state index contributed by atoms with van der Waals surface area (Å²) in [5, 5.41) is 12.5. The number of piperidine rings is 1. The van der Waals surface area contributed by atoms with Crippen molar-refractivity contribution in [1.29, 1.82) is 0 Å². The number of para-hydroxylation sites is 1. The molecular formula is C15H21FN2O2. The van der Waals surface area contributed by atoms with Gasteiger partial charge in [0.15, 0.2) is 0 Å². The van der Waals surface area contributed by atoms with Crippen LogP contribution in [0.1, 0.15) is 26.2 Å². The minimum absolute atomic E-state index is 0.263. The molecule has 2 rings (SSSR count). The van der Waals surface area contributed by atoms with Crippen LogP contribution in [0.2, 0.25) is 0 Å². The first kappa shape index (κ1) is 14.8. The number of carboxylic acids is 1. The number of carbonyl (C=O) groups is 1. The van der Waals surface area contributed by atoms with E-state index in [4.69, 9.17) is 0 Å². The molecule has 2 N–H and O–H groups in total. The summed E-state index contributed by atoms with van der Waals surface area (Å²) in [6.45, 7) is 4.54. The van der Waals surface area contributed by atoms with Crippen molar-refractivity contribution in [3.8, 4) is 0 Å². The number of nitrogens with zero attached hydrogens (tertiary/aromatic N) is 1. The molecule has 1 aliphatic heterocycles. The van der Waals surface area contributed by atoms with Crippen molar-refractivity contribution in [3.63, 3.8) is 0 Å². The molecule has 0 aromatic heterocycles. The summed E-state index contributed by atoms with van der Waals surface area (Å²) >= 11 is 0. The number of rotatable bonds is 5. The van der Waals surface area contributed by atoms with Gasteiger partial charge in [-0.25, -0.2) is 9.18 Å². The van der Waals surface area contributed by atoms with Crippen LogP contribution in [0, 0.1) is 5.82 Å². The van der Waals surface area contributed by atoms with E-state index in [9.17, 15) is 14.3 Å². The summed E-state index contributed by atoms with van der Waals surface area (Å²) in [6, 6.07) is 6.22. The minimum Gasteiger partial charge on any atom is -0.480 e. The molecule has 0 unspecified atom stereocenters. The van der Waals surface area contributed by atoms with Gasteiger partial charge in [-0.05, 0) is 37.9 Å². The van der Waals surface area contributed by atoms with Gasteiger partial charge in [0.25, 0.3) is 0 Å². The number of hydrogen-bond acceptors (Lipinski definition) is 3. The number of anilines is 1. The molecule has 1 aromatic rings. The van der Waals surface area contributed by atoms with E-state index >= 15 is 0 Å². The van der Waals surface area contributed by atoms with Gasteiger partial charge in [-0.2, -0.15) is 0 Å². The molecule has 5 heteroatoms. The lowest BCUT2D eigenvalue weighted by Crippen LogP contribution is -2.54. The fourth-order valence-corrected chi connectivity index (χ4v) is 2.69. The Labute approximate surface area is 118 Å². The summed E-state index contributed by atoms with van der Waals surface area (Å²) in [7, 11) is 0. The van der Waals surface area contributed by atoms with Crippen LogP contribution in [-0.4, -0.2) is 41.1 Å². The van der Waals surface area contributed by atoms with E-state index in [1.807, 2.05) is 0 Å². The topological polar surface area (TPSA) is 52.6 Å². The second-order valence-corrected chi connectivity index (χ2v) is 5.33. The maximum absolute atomic E-state index is 13.7. The maximum atomic E-state index is 13.7. The van der Waals surface area contributed by atoms with Crippen LogP contribution < -0.4 is 5.32 Å². The second-order valence-electron chi connectivity index (χ2n) is 5.33. The highest BCUT2D eigenvalue weighted by Crippen LogP contribution is 2.28. The monoisotopic (exact) mass is 280 g/mol. The van der Waals surface area contributed by atoms with E-state index in [2.05, 4.69) is 17.1 Å². The number of aliphatic carboxylic acids is 1. The number of hydrogen-bond donors (Lipinski definition) is 2. The van der Waals surface area contributed by atoms with E-state index in [0.29, 0.717) is 12.8 Å². The Morgan fingerprint density at radius 2 is 2.05 bits per heavy atom. The van der Waals surface area contributed by atoms with Gasteiger partial charge < -0.3 is 15.3 Å². The molecule has 1 heterocycles. The van der Waals surface area contributed by atoms with E-state index in [1.54, 1.807) is 18.2 Å². The van der Waals surface area contributed by atoms with Gasteiger partial charge in [0, 0.05) is 13.1 Å². The smallest absolute Gasteiger partial charge is 0.329 e. The van der Waals surface area contributed by atoms with Crippen molar-refractivity contribution in [3.05, 3.63) is 30.1 Å². The number of carboxylic acid groups (broad SMARTS) is 1. The van der Waals surface area contributed by atoms with E-state index in [1.165, 1.54) is 6.07 Å². The predicted molar refractivity (Wildman–Crippen MR) is 76.4 cm³/mol. The Morgan fingerprint density at radius 3 is 2.60 bits per heavy atom.